The summed E-state index contributed by atoms with van der Waals surface area (Å²) in [5.74, 6) is -1.79. The Hall–Kier alpha value is -1.40. The molecule has 1 aromatic rings. The molecule has 1 heterocycles. The molecule has 1 aromatic carbocycles. The van der Waals surface area contributed by atoms with Crippen LogP contribution in [-0.2, 0) is 21.1 Å². The molecule has 1 atom stereocenters. The molecule has 0 spiro atoms. The molecule has 0 saturated carbocycles. The van der Waals surface area contributed by atoms with Gasteiger partial charge in [-0.15, -0.1) is 0 Å². The zero-order valence-electron chi connectivity index (χ0n) is 9.09. The minimum atomic E-state index is -3.23. The van der Waals surface area contributed by atoms with E-state index in [9.17, 15) is 13.2 Å². The third-order valence-corrected chi connectivity index (χ3v) is 4.79. The molecule has 0 bridgehead atoms. The summed E-state index contributed by atoms with van der Waals surface area (Å²) in [6.07, 6.45) is 0.498. The van der Waals surface area contributed by atoms with Gasteiger partial charge in [0.1, 0.15) is 0 Å². The average Bonchev–Trinajstić information content (AvgIpc) is 2.56. The molecule has 17 heavy (non-hydrogen) atoms. The highest BCUT2D eigenvalue weighted by molar-refractivity contribution is 7.91. The fourth-order valence-electron chi connectivity index (χ4n) is 2.02. The van der Waals surface area contributed by atoms with E-state index in [1.807, 2.05) is 0 Å². The van der Waals surface area contributed by atoms with Gasteiger partial charge in [-0.25, -0.2) is 8.42 Å². The molecule has 1 aliphatic heterocycles. The fourth-order valence-corrected chi connectivity index (χ4v) is 3.61. The van der Waals surface area contributed by atoms with Crippen molar-refractivity contribution in [3.05, 3.63) is 29.3 Å². The van der Waals surface area contributed by atoms with Crippen LogP contribution in [0.5, 0.6) is 0 Å². The number of fused-ring (bicyclic) bond motifs is 1. The maximum Gasteiger partial charge on any atom is 0.312 e. The van der Waals surface area contributed by atoms with Crippen molar-refractivity contribution in [1.29, 1.82) is 0 Å². The Kier molecular flexibility index (Phi) is 2.92. The zero-order chi connectivity index (χ0) is 12.6. The number of carbonyl (C=O) groups is 1. The van der Waals surface area contributed by atoms with Gasteiger partial charge in [-0.3, -0.25) is 4.79 Å². The van der Waals surface area contributed by atoms with Crippen molar-refractivity contribution in [3.63, 3.8) is 0 Å². The van der Waals surface area contributed by atoms with Gasteiger partial charge in [0, 0.05) is 6.54 Å². The predicted octanol–water partition coefficient (Wildman–Crippen LogP) is 0.143. The van der Waals surface area contributed by atoms with Crippen molar-refractivity contribution < 1.29 is 18.3 Å². The first-order chi connectivity index (χ1) is 7.95. The molecule has 0 fully saturated rings. The predicted molar refractivity (Wildman–Crippen MR) is 61.6 cm³/mol. The number of sulfone groups is 1. The number of hydrogen-bond donors (Lipinski definition) is 2. The maximum atomic E-state index is 11.7. The molecule has 0 radical (unpaired) electrons. The number of aryl methyl sites for hydroxylation is 1. The summed E-state index contributed by atoms with van der Waals surface area (Å²) in [7, 11) is -3.23. The van der Waals surface area contributed by atoms with Gasteiger partial charge in [-0.1, -0.05) is 12.1 Å². The zero-order valence-corrected chi connectivity index (χ0v) is 9.90. The second-order valence-electron chi connectivity index (χ2n) is 4.06. The molecule has 5 nitrogen and oxygen atoms in total. The SMILES string of the molecule is NCC(C(=O)O)c1ccc2c(c1)S(=O)(=O)CC2. The lowest BCUT2D eigenvalue weighted by atomic mass is 9.98. The van der Waals surface area contributed by atoms with E-state index in [0.29, 0.717) is 12.0 Å². The molecule has 1 unspecified atom stereocenters. The fraction of sp³-hybridized carbons (Fsp3) is 0.364. The molecule has 92 valence electrons. The summed E-state index contributed by atoms with van der Waals surface area (Å²) in [6.45, 7) is -0.0475. The van der Waals surface area contributed by atoms with Crippen molar-refractivity contribution in [1.82, 2.24) is 0 Å². The Morgan fingerprint density at radius 2 is 2.18 bits per heavy atom. The Morgan fingerprint density at radius 1 is 1.47 bits per heavy atom. The van der Waals surface area contributed by atoms with Crippen LogP contribution in [0.3, 0.4) is 0 Å². The summed E-state index contributed by atoms with van der Waals surface area (Å²) < 4.78 is 23.4. The molecule has 0 amide bonds. The Balaban J connectivity index is 2.50. The van der Waals surface area contributed by atoms with E-state index in [1.54, 1.807) is 12.1 Å². The first-order valence-electron chi connectivity index (χ1n) is 5.24. The number of carboxylic acids is 1. The van der Waals surface area contributed by atoms with Gasteiger partial charge in [-0.05, 0) is 23.6 Å². The number of rotatable bonds is 3. The number of benzene rings is 1. The number of aliphatic carboxylic acids is 1. The van der Waals surface area contributed by atoms with E-state index in [0.717, 1.165) is 5.56 Å². The van der Waals surface area contributed by atoms with Crippen molar-refractivity contribution in [2.45, 2.75) is 17.2 Å². The van der Waals surface area contributed by atoms with Crippen LogP contribution in [0.15, 0.2) is 23.1 Å². The Labute approximate surface area is 99.2 Å². The van der Waals surface area contributed by atoms with Gasteiger partial charge >= 0.3 is 5.97 Å². The van der Waals surface area contributed by atoms with Crippen LogP contribution in [-0.4, -0.2) is 31.8 Å². The lowest BCUT2D eigenvalue weighted by Gasteiger charge is -2.11. The van der Waals surface area contributed by atoms with E-state index in [2.05, 4.69) is 0 Å². The summed E-state index contributed by atoms with van der Waals surface area (Å²) in [4.78, 5) is 11.2. The summed E-state index contributed by atoms with van der Waals surface area (Å²) in [5.41, 5.74) is 6.60. The molecular weight excluding hydrogens is 242 g/mol. The van der Waals surface area contributed by atoms with E-state index in [4.69, 9.17) is 10.8 Å². The molecule has 6 heteroatoms. The van der Waals surface area contributed by atoms with Crippen LogP contribution in [0, 0.1) is 0 Å². The lowest BCUT2D eigenvalue weighted by molar-refractivity contribution is -0.138. The van der Waals surface area contributed by atoms with Crippen molar-refractivity contribution >= 4 is 15.8 Å². The second kappa shape index (κ2) is 4.12. The van der Waals surface area contributed by atoms with Crippen LogP contribution >= 0.6 is 0 Å². The first kappa shape index (κ1) is 12.1. The third kappa shape index (κ3) is 2.05. The normalized spacial score (nSPS) is 18.6. The van der Waals surface area contributed by atoms with Gasteiger partial charge in [0.15, 0.2) is 9.84 Å². The standard InChI is InChI=1S/C11H13NO4S/c12-6-9(11(13)14)8-2-1-7-3-4-17(15,16)10(7)5-8/h1-2,5,9H,3-4,6,12H2,(H,13,14). The molecule has 0 aliphatic carbocycles. The average molecular weight is 255 g/mol. The number of nitrogens with two attached hydrogens (primary N) is 1. The first-order valence-corrected chi connectivity index (χ1v) is 6.89. The summed E-state index contributed by atoms with van der Waals surface area (Å²) >= 11 is 0. The molecule has 0 saturated heterocycles. The Bertz CT molecular complexity index is 565. The topological polar surface area (TPSA) is 97.5 Å². The Morgan fingerprint density at radius 3 is 2.76 bits per heavy atom. The van der Waals surface area contributed by atoms with Crippen LogP contribution in [0.25, 0.3) is 0 Å². The van der Waals surface area contributed by atoms with E-state index in [-0.39, 0.29) is 17.2 Å². The smallest absolute Gasteiger partial charge is 0.312 e. The van der Waals surface area contributed by atoms with Crippen molar-refractivity contribution in [2.24, 2.45) is 5.73 Å². The van der Waals surface area contributed by atoms with Gasteiger partial charge < -0.3 is 10.8 Å². The monoisotopic (exact) mass is 255 g/mol. The lowest BCUT2D eigenvalue weighted by Crippen LogP contribution is -2.21. The van der Waals surface area contributed by atoms with E-state index >= 15 is 0 Å². The third-order valence-electron chi connectivity index (χ3n) is 3.00. The van der Waals surface area contributed by atoms with Crippen LogP contribution in [0.1, 0.15) is 17.0 Å². The molecule has 1 aliphatic rings. The van der Waals surface area contributed by atoms with Crippen LogP contribution in [0.2, 0.25) is 0 Å². The summed E-state index contributed by atoms with van der Waals surface area (Å²) in [6, 6.07) is 4.77. The van der Waals surface area contributed by atoms with Crippen molar-refractivity contribution in [2.75, 3.05) is 12.3 Å². The molecule has 3 N–H and O–H groups in total. The van der Waals surface area contributed by atoms with E-state index in [1.165, 1.54) is 6.07 Å². The quantitative estimate of drug-likeness (QED) is 0.800. The largest absolute Gasteiger partial charge is 0.481 e. The molecular formula is C11H13NO4S. The second-order valence-corrected chi connectivity index (χ2v) is 6.14. The van der Waals surface area contributed by atoms with Gasteiger partial charge in [-0.2, -0.15) is 0 Å². The number of hydrogen-bond acceptors (Lipinski definition) is 4. The van der Waals surface area contributed by atoms with Gasteiger partial charge in [0.25, 0.3) is 0 Å². The molecule has 0 aromatic heterocycles. The van der Waals surface area contributed by atoms with Gasteiger partial charge in [0.2, 0.25) is 0 Å². The van der Waals surface area contributed by atoms with Crippen LogP contribution < -0.4 is 5.73 Å². The van der Waals surface area contributed by atoms with E-state index < -0.39 is 21.7 Å². The highest BCUT2D eigenvalue weighted by Gasteiger charge is 2.28. The number of carboxylic acid groups (broad SMARTS) is 1. The maximum absolute atomic E-state index is 11.7. The highest BCUT2D eigenvalue weighted by Crippen LogP contribution is 2.29. The highest BCUT2D eigenvalue weighted by atomic mass is 32.2. The molecule has 2 rings (SSSR count). The van der Waals surface area contributed by atoms with Gasteiger partial charge in [0.05, 0.1) is 16.6 Å². The minimum Gasteiger partial charge on any atom is -0.481 e. The van der Waals surface area contributed by atoms with Crippen molar-refractivity contribution in [3.8, 4) is 0 Å². The summed E-state index contributed by atoms with van der Waals surface area (Å²) in [5, 5.41) is 8.98. The minimum absolute atomic E-state index is 0.0475. The van der Waals surface area contributed by atoms with Crippen LogP contribution in [0.4, 0.5) is 0 Å².